The molecule has 1 atom stereocenters. The van der Waals surface area contributed by atoms with Crippen molar-refractivity contribution in [3.8, 4) is 0 Å². The van der Waals surface area contributed by atoms with Crippen molar-refractivity contribution in [1.29, 1.82) is 0 Å². The first-order valence-electron chi connectivity index (χ1n) is 5.87. The van der Waals surface area contributed by atoms with E-state index in [9.17, 15) is 13.9 Å². The second-order valence-electron chi connectivity index (χ2n) is 5.48. The van der Waals surface area contributed by atoms with Crippen molar-refractivity contribution in [2.75, 3.05) is 6.54 Å². The molecule has 0 radical (unpaired) electrons. The lowest BCUT2D eigenvalue weighted by Crippen LogP contribution is -2.39. The van der Waals surface area contributed by atoms with Crippen molar-refractivity contribution in [2.24, 2.45) is 0 Å². The van der Waals surface area contributed by atoms with E-state index in [1.807, 2.05) is 20.8 Å². The Kier molecular flexibility index (Phi) is 4.40. The van der Waals surface area contributed by atoms with Crippen LogP contribution >= 0.6 is 0 Å². The Hall–Kier alpha value is -1.07. The molecule has 0 bridgehead atoms. The summed E-state index contributed by atoms with van der Waals surface area (Å²) in [6.07, 6.45) is 0.305. The van der Waals surface area contributed by atoms with Crippen LogP contribution in [0.1, 0.15) is 45.1 Å². The van der Waals surface area contributed by atoms with Gasteiger partial charge in [-0.3, -0.25) is 4.98 Å². The van der Waals surface area contributed by atoms with Crippen LogP contribution in [0.4, 0.5) is 8.78 Å². The maximum atomic E-state index is 13.4. The highest BCUT2D eigenvalue weighted by Gasteiger charge is 2.31. The lowest BCUT2D eigenvalue weighted by molar-refractivity contribution is 0.00866. The van der Waals surface area contributed by atoms with E-state index < -0.39 is 12.0 Å². The summed E-state index contributed by atoms with van der Waals surface area (Å²) >= 11 is 0. The minimum atomic E-state index is -3.06. The number of alkyl halides is 2. The summed E-state index contributed by atoms with van der Waals surface area (Å²) in [6.45, 7) is 6.82. The molecular formula is C13H20F2N2O. The van der Waals surface area contributed by atoms with Crippen LogP contribution in [0, 0.1) is 0 Å². The van der Waals surface area contributed by atoms with Gasteiger partial charge in [0.2, 0.25) is 0 Å². The average molecular weight is 258 g/mol. The van der Waals surface area contributed by atoms with Crippen LogP contribution in [-0.4, -0.2) is 22.2 Å². The smallest absolute Gasteiger partial charge is 0.287 e. The number of β-amino-alcohol motifs (C(OH)–C–C–N with tert-alkyl or cyclic N) is 1. The molecule has 0 unspecified atom stereocenters. The summed E-state index contributed by atoms with van der Waals surface area (Å²) in [5.74, 6) is -3.06. The molecule has 0 aliphatic rings. The van der Waals surface area contributed by atoms with Crippen LogP contribution in [0.3, 0.4) is 0 Å². The number of hydrogen-bond donors (Lipinski definition) is 2. The topological polar surface area (TPSA) is 45.1 Å². The van der Waals surface area contributed by atoms with Crippen LogP contribution < -0.4 is 5.32 Å². The van der Waals surface area contributed by atoms with E-state index in [1.165, 1.54) is 12.3 Å². The van der Waals surface area contributed by atoms with Gasteiger partial charge in [0.25, 0.3) is 5.92 Å². The first kappa shape index (κ1) is 15.0. The van der Waals surface area contributed by atoms with Gasteiger partial charge in [0, 0.05) is 30.8 Å². The monoisotopic (exact) mass is 258 g/mol. The van der Waals surface area contributed by atoms with Gasteiger partial charge in [0.1, 0.15) is 5.69 Å². The molecule has 2 N–H and O–H groups in total. The minimum Gasteiger partial charge on any atom is -0.387 e. The molecule has 5 heteroatoms. The van der Waals surface area contributed by atoms with Crippen LogP contribution in [0.5, 0.6) is 0 Å². The fourth-order valence-electron chi connectivity index (χ4n) is 1.57. The third-order valence-corrected chi connectivity index (χ3v) is 2.44. The minimum absolute atomic E-state index is 0.168. The Balaban J connectivity index is 2.89. The average Bonchev–Trinajstić information content (AvgIpc) is 2.24. The van der Waals surface area contributed by atoms with E-state index in [0.29, 0.717) is 0 Å². The van der Waals surface area contributed by atoms with Crippen LogP contribution in [-0.2, 0) is 5.92 Å². The van der Waals surface area contributed by atoms with Crippen LogP contribution in [0.2, 0.25) is 0 Å². The molecule has 1 aromatic rings. The summed E-state index contributed by atoms with van der Waals surface area (Å²) in [5, 5.41) is 13.1. The maximum Gasteiger partial charge on any atom is 0.287 e. The number of hydrogen-bond acceptors (Lipinski definition) is 3. The second-order valence-corrected chi connectivity index (χ2v) is 5.48. The molecule has 0 saturated heterocycles. The van der Waals surface area contributed by atoms with E-state index in [0.717, 1.165) is 6.92 Å². The second kappa shape index (κ2) is 5.28. The Bertz CT molecular complexity index is 397. The van der Waals surface area contributed by atoms with Gasteiger partial charge in [-0.25, -0.2) is 0 Å². The Morgan fingerprint density at radius 2 is 1.94 bits per heavy atom. The van der Waals surface area contributed by atoms with Crippen molar-refractivity contribution < 1.29 is 13.9 Å². The van der Waals surface area contributed by atoms with Gasteiger partial charge in [-0.1, -0.05) is 6.07 Å². The van der Waals surface area contributed by atoms with E-state index in [-0.39, 0.29) is 23.3 Å². The van der Waals surface area contributed by atoms with Crippen LogP contribution in [0.25, 0.3) is 0 Å². The first-order valence-corrected chi connectivity index (χ1v) is 5.87. The zero-order valence-corrected chi connectivity index (χ0v) is 11.2. The standard InChI is InChI=1S/C13H20F2N2O/c1-12(2,3)17-8-10(18)9-6-5-7-16-11(9)13(4,14)15/h5-7,10,17-18H,8H2,1-4H3/t10-/m0/s1. The Morgan fingerprint density at radius 3 is 2.44 bits per heavy atom. The molecule has 0 aliphatic carbocycles. The molecule has 0 amide bonds. The lowest BCUT2D eigenvalue weighted by atomic mass is 10.0. The molecule has 0 spiro atoms. The van der Waals surface area contributed by atoms with Gasteiger partial charge in [-0.2, -0.15) is 8.78 Å². The number of halogens is 2. The molecule has 0 aliphatic heterocycles. The number of aliphatic hydroxyl groups is 1. The predicted molar refractivity (Wildman–Crippen MR) is 66.5 cm³/mol. The Morgan fingerprint density at radius 1 is 1.33 bits per heavy atom. The van der Waals surface area contributed by atoms with Crippen molar-refractivity contribution in [1.82, 2.24) is 10.3 Å². The molecule has 0 fully saturated rings. The van der Waals surface area contributed by atoms with Gasteiger partial charge in [-0.05, 0) is 26.8 Å². The molecule has 1 aromatic heterocycles. The van der Waals surface area contributed by atoms with E-state index >= 15 is 0 Å². The van der Waals surface area contributed by atoms with Crippen molar-refractivity contribution >= 4 is 0 Å². The van der Waals surface area contributed by atoms with Gasteiger partial charge >= 0.3 is 0 Å². The Labute approximate surface area is 106 Å². The fourth-order valence-corrected chi connectivity index (χ4v) is 1.57. The largest absolute Gasteiger partial charge is 0.387 e. The SMILES string of the molecule is CC(C)(C)NC[C@H](O)c1cccnc1C(C)(F)F. The van der Waals surface area contributed by atoms with Crippen molar-refractivity contribution in [2.45, 2.75) is 45.3 Å². The molecule has 18 heavy (non-hydrogen) atoms. The first-order chi connectivity index (χ1) is 8.11. The molecule has 0 aromatic carbocycles. The number of pyridine rings is 1. The fraction of sp³-hybridized carbons (Fsp3) is 0.615. The van der Waals surface area contributed by atoms with Gasteiger partial charge in [0.05, 0.1) is 6.10 Å². The highest BCUT2D eigenvalue weighted by molar-refractivity contribution is 5.26. The van der Waals surface area contributed by atoms with Crippen molar-refractivity contribution in [3.05, 3.63) is 29.6 Å². The highest BCUT2D eigenvalue weighted by atomic mass is 19.3. The third-order valence-electron chi connectivity index (χ3n) is 2.44. The summed E-state index contributed by atoms with van der Waals surface area (Å²) in [7, 11) is 0. The predicted octanol–water partition coefficient (Wildman–Crippen LogP) is 2.61. The molecule has 1 heterocycles. The van der Waals surface area contributed by atoms with E-state index in [1.54, 1.807) is 6.07 Å². The number of rotatable bonds is 4. The third kappa shape index (κ3) is 4.31. The van der Waals surface area contributed by atoms with Gasteiger partial charge in [-0.15, -0.1) is 0 Å². The van der Waals surface area contributed by atoms with Gasteiger partial charge in [0.15, 0.2) is 0 Å². The summed E-state index contributed by atoms with van der Waals surface area (Å²) in [6, 6.07) is 3.03. The number of nitrogens with one attached hydrogen (secondary N) is 1. The lowest BCUT2D eigenvalue weighted by Gasteiger charge is -2.24. The number of nitrogens with zero attached hydrogens (tertiary/aromatic N) is 1. The molecular weight excluding hydrogens is 238 g/mol. The number of aromatic nitrogens is 1. The zero-order valence-electron chi connectivity index (χ0n) is 11.2. The van der Waals surface area contributed by atoms with Crippen LogP contribution in [0.15, 0.2) is 18.3 Å². The molecule has 0 saturated carbocycles. The highest BCUT2D eigenvalue weighted by Crippen LogP contribution is 2.30. The maximum absolute atomic E-state index is 13.4. The molecule has 1 rings (SSSR count). The number of aliphatic hydroxyl groups excluding tert-OH is 1. The summed E-state index contributed by atoms with van der Waals surface area (Å²) in [4.78, 5) is 3.68. The quantitative estimate of drug-likeness (QED) is 0.872. The normalized spacial score (nSPS) is 14.6. The molecule has 3 nitrogen and oxygen atoms in total. The van der Waals surface area contributed by atoms with E-state index in [2.05, 4.69) is 10.3 Å². The van der Waals surface area contributed by atoms with Crippen molar-refractivity contribution in [3.63, 3.8) is 0 Å². The summed E-state index contributed by atoms with van der Waals surface area (Å²) < 4.78 is 26.7. The van der Waals surface area contributed by atoms with E-state index in [4.69, 9.17) is 0 Å². The zero-order chi connectivity index (χ0) is 14.0. The molecule has 102 valence electrons. The summed E-state index contributed by atoms with van der Waals surface area (Å²) in [5.41, 5.74) is -0.382. The van der Waals surface area contributed by atoms with Gasteiger partial charge < -0.3 is 10.4 Å².